The number of hydrogen-bond donors (Lipinski definition) is 0. The zero-order valence-corrected chi connectivity index (χ0v) is 16.2. The highest BCUT2D eigenvalue weighted by atomic mass is 35.5. The fourth-order valence-electron chi connectivity index (χ4n) is 3.14. The number of pyridine rings is 1. The third kappa shape index (κ3) is 3.57. The van der Waals surface area contributed by atoms with Gasteiger partial charge in [-0.2, -0.15) is 0 Å². The first-order valence-corrected chi connectivity index (χ1v) is 8.75. The molecular weight excluding hydrogens is 368 g/mol. The summed E-state index contributed by atoms with van der Waals surface area (Å²) in [6, 6.07) is 0.433. The van der Waals surface area contributed by atoms with Crippen LogP contribution in [0.15, 0.2) is 54.0 Å². The number of carbonyl (C=O) groups excluding carboxylic acids is 3. The Balaban J connectivity index is 2.75. The second-order valence-electron chi connectivity index (χ2n) is 6.59. The number of allylic oxidation sites excluding steroid dienone is 2. The van der Waals surface area contributed by atoms with Crippen molar-refractivity contribution in [2.45, 2.75) is 19.9 Å². The fraction of sp³-hybridized carbons (Fsp3) is 0.300. The fourth-order valence-corrected chi connectivity index (χ4v) is 3.39. The van der Waals surface area contributed by atoms with Crippen molar-refractivity contribution < 1.29 is 14.4 Å². The van der Waals surface area contributed by atoms with Gasteiger partial charge in [-0.05, 0) is 11.6 Å². The molecule has 2 unspecified atom stereocenters. The van der Waals surface area contributed by atoms with Crippen LogP contribution in [0.2, 0.25) is 5.02 Å². The lowest BCUT2D eigenvalue weighted by molar-refractivity contribution is -0.139. The molecule has 1 aliphatic heterocycles. The SMILES string of the molecule is C=CC=C(C=C)C1C(C(=O)C(C)C)C(=O)C(=O)N1c1cc(Cl)c(=O)n(C)c1. The number of carbonyl (C=O) groups is 3. The Hall–Kier alpha value is -2.73. The third-order valence-corrected chi connectivity index (χ3v) is 4.74. The molecule has 0 aliphatic carbocycles. The second-order valence-corrected chi connectivity index (χ2v) is 6.99. The number of hydrogen-bond acceptors (Lipinski definition) is 4. The predicted molar refractivity (Wildman–Crippen MR) is 105 cm³/mol. The Bertz CT molecular complexity index is 900. The molecule has 2 heterocycles. The highest BCUT2D eigenvalue weighted by molar-refractivity contribution is 6.48. The number of amides is 1. The summed E-state index contributed by atoms with van der Waals surface area (Å²) in [5, 5.41) is -0.0968. The van der Waals surface area contributed by atoms with Crippen LogP contribution in [0, 0.1) is 11.8 Å². The van der Waals surface area contributed by atoms with Crippen molar-refractivity contribution in [2.75, 3.05) is 4.90 Å². The molecule has 1 amide bonds. The summed E-state index contributed by atoms with van der Waals surface area (Å²) in [4.78, 5) is 51.3. The lowest BCUT2D eigenvalue weighted by Gasteiger charge is -2.28. The normalized spacial score (nSPS) is 20.3. The number of nitrogens with zero attached hydrogens (tertiary/aromatic N) is 2. The van der Waals surface area contributed by atoms with Crippen molar-refractivity contribution in [3.05, 3.63) is 64.6 Å². The Morgan fingerprint density at radius 2 is 1.89 bits per heavy atom. The van der Waals surface area contributed by atoms with Gasteiger partial charge in [-0.15, -0.1) is 0 Å². The van der Waals surface area contributed by atoms with E-state index in [0.29, 0.717) is 5.57 Å². The number of halogens is 1. The molecule has 0 radical (unpaired) electrons. The van der Waals surface area contributed by atoms with E-state index in [1.165, 1.54) is 40.9 Å². The Morgan fingerprint density at radius 3 is 2.37 bits per heavy atom. The van der Waals surface area contributed by atoms with E-state index in [2.05, 4.69) is 13.2 Å². The molecule has 1 aromatic rings. The summed E-state index contributed by atoms with van der Waals surface area (Å²) in [7, 11) is 1.49. The molecular formula is C20H21ClN2O4. The van der Waals surface area contributed by atoms with Gasteiger partial charge in [0.05, 0.1) is 11.7 Å². The van der Waals surface area contributed by atoms with Crippen LogP contribution in [0.1, 0.15) is 13.8 Å². The van der Waals surface area contributed by atoms with E-state index in [0.717, 1.165) is 0 Å². The van der Waals surface area contributed by atoms with Crippen LogP contribution >= 0.6 is 11.6 Å². The highest BCUT2D eigenvalue weighted by Gasteiger charge is 2.52. The maximum atomic E-state index is 12.8. The standard InChI is InChI=1S/C20H21ClN2O4/c1-6-8-12(7-2)16-15(17(24)11(3)4)18(25)20(27)23(16)13-9-14(21)19(26)22(5)10-13/h6-11,15-16H,1-2H2,3-5H3. The first kappa shape index (κ1) is 20.6. The van der Waals surface area contributed by atoms with Crippen LogP contribution in [0.25, 0.3) is 0 Å². The van der Waals surface area contributed by atoms with Gasteiger partial charge < -0.3 is 4.57 Å². The minimum Gasteiger partial charge on any atom is -0.315 e. The van der Waals surface area contributed by atoms with Crippen LogP contribution in [0.3, 0.4) is 0 Å². The topological polar surface area (TPSA) is 76.5 Å². The second kappa shape index (κ2) is 7.88. The molecule has 0 N–H and O–H groups in total. The van der Waals surface area contributed by atoms with Gasteiger partial charge in [0.1, 0.15) is 16.7 Å². The van der Waals surface area contributed by atoms with Crippen molar-refractivity contribution in [3.8, 4) is 0 Å². The molecule has 1 saturated heterocycles. The van der Waals surface area contributed by atoms with Crippen LogP contribution in [0.5, 0.6) is 0 Å². The number of aryl methyl sites for hydroxylation is 1. The maximum absolute atomic E-state index is 12.8. The van der Waals surface area contributed by atoms with Crippen molar-refractivity contribution in [1.82, 2.24) is 4.57 Å². The maximum Gasteiger partial charge on any atom is 0.295 e. The quantitative estimate of drug-likeness (QED) is 0.426. The van der Waals surface area contributed by atoms with Gasteiger partial charge in [0.2, 0.25) is 5.78 Å². The highest BCUT2D eigenvalue weighted by Crippen LogP contribution is 2.35. The van der Waals surface area contributed by atoms with E-state index in [1.807, 2.05) is 0 Å². The van der Waals surface area contributed by atoms with E-state index < -0.39 is 35.1 Å². The molecule has 0 bridgehead atoms. The molecule has 2 rings (SSSR count). The first-order chi connectivity index (χ1) is 12.6. The molecule has 142 valence electrons. The molecule has 6 nitrogen and oxygen atoms in total. The van der Waals surface area contributed by atoms with Gasteiger partial charge in [0.15, 0.2) is 0 Å². The number of aromatic nitrogens is 1. The molecule has 7 heteroatoms. The molecule has 0 saturated carbocycles. The van der Waals surface area contributed by atoms with Gasteiger partial charge in [-0.1, -0.05) is 56.8 Å². The molecule has 2 atom stereocenters. The number of Topliss-reactive ketones (excluding diaryl/α,β-unsaturated/α-hetero) is 2. The molecule has 27 heavy (non-hydrogen) atoms. The zero-order chi connectivity index (χ0) is 20.5. The molecule has 1 fully saturated rings. The summed E-state index contributed by atoms with van der Waals surface area (Å²) in [5.41, 5.74) is 0.310. The van der Waals surface area contributed by atoms with Gasteiger partial charge in [0, 0.05) is 19.2 Å². The summed E-state index contributed by atoms with van der Waals surface area (Å²) < 4.78 is 1.22. The number of anilines is 1. The molecule has 0 aromatic carbocycles. The summed E-state index contributed by atoms with van der Waals surface area (Å²) in [6.45, 7) is 10.7. The minimum atomic E-state index is -1.17. The van der Waals surface area contributed by atoms with E-state index in [4.69, 9.17) is 11.6 Å². The summed E-state index contributed by atoms with van der Waals surface area (Å²) in [5.74, 6) is -3.56. The smallest absolute Gasteiger partial charge is 0.295 e. The Morgan fingerprint density at radius 1 is 1.26 bits per heavy atom. The first-order valence-electron chi connectivity index (χ1n) is 8.38. The number of ketones is 2. The largest absolute Gasteiger partial charge is 0.315 e. The zero-order valence-electron chi connectivity index (χ0n) is 15.4. The van der Waals surface area contributed by atoms with Crippen LogP contribution in [0.4, 0.5) is 5.69 Å². The van der Waals surface area contributed by atoms with Gasteiger partial charge in [-0.25, -0.2) is 0 Å². The summed E-state index contributed by atoms with van der Waals surface area (Å²) >= 11 is 5.98. The van der Waals surface area contributed by atoms with Crippen LogP contribution in [-0.2, 0) is 21.4 Å². The van der Waals surface area contributed by atoms with E-state index in [1.54, 1.807) is 19.9 Å². The Labute approximate surface area is 162 Å². The van der Waals surface area contributed by atoms with Gasteiger partial charge in [0.25, 0.3) is 11.5 Å². The van der Waals surface area contributed by atoms with E-state index in [-0.39, 0.29) is 16.5 Å². The Kier molecular flexibility index (Phi) is 6.01. The number of rotatable bonds is 6. The molecule has 0 spiro atoms. The monoisotopic (exact) mass is 388 g/mol. The van der Waals surface area contributed by atoms with E-state index in [9.17, 15) is 19.2 Å². The van der Waals surface area contributed by atoms with E-state index >= 15 is 0 Å². The average Bonchev–Trinajstić information content (AvgIpc) is 2.87. The molecule has 1 aromatic heterocycles. The third-order valence-electron chi connectivity index (χ3n) is 4.47. The van der Waals surface area contributed by atoms with Gasteiger partial charge >= 0.3 is 0 Å². The summed E-state index contributed by atoms with van der Waals surface area (Å²) in [6.07, 6.45) is 5.98. The lowest BCUT2D eigenvalue weighted by Crippen LogP contribution is -2.40. The predicted octanol–water partition coefficient (Wildman–Crippen LogP) is 2.46. The average molecular weight is 389 g/mol. The van der Waals surface area contributed by atoms with Crippen molar-refractivity contribution in [1.29, 1.82) is 0 Å². The molecule has 1 aliphatic rings. The van der Waals surface area contributed by atoms with Crippen LogP contribution in [-0.4, -0.2) is 28.1 Å². The van der Waals surface area contributed by atoms with Crippen molar-refractivity contribution >= 4 is 34.8 Å². The van der Waals surface area contributed by atoms with Crippen molar-refractivity contribution in [3.63, 3.8) is 0 Å². The lowest BCUT2D eigenvalue weighted by atomic mass is 9.84. The van der Waals surface area contributed by atoms with Crippen LogP contribution < -0.4 is 10.5 Å². The minimum absolute atomic E-state index is 0.0968. The van der Waals surface area contributed by atoms with Crippen molar-refractivity contribution in [2.24, 2.45) is 18.9 Å². The van der Waals surface area contributed by atoms with Gasteiger partial charge in [-0.3, -0.25) is 24.1 Å².